The van der Waals surface area contributed by atoms with Crippen molar-refractivity contribution in [3.63, 3.8) is 0 Å². The van der Waals surface area contributed by atoms with Crippen LogP contribution >= 0.6 is 0 Å². The Morgan fingerprint density at radius 2 is 2.25 bits per heavy atom. The van der Waals surface area contributed by atoms with E-state index < -0.39 is 0 Å². The van der Waals surface area contributed by atoms with Crippen LogP contribution in [0.2, 0.25) is 0 Å². The minimum Gasteiger partial charge on any atom is -0.114 e. The molecule has 0 spiro atoms. The van der Waals surface area contributed by atoms with Crippen LogP contribution < -0.4 is 4.67 Å². The van der Waals surface area contributed by atoms with Crippen LogP contribution in [0.5, 0.6) is 0 Å². The van der Waals surface area contributed by atoms with E-state index in [4.69, 9.17) is 0 Å². The quantitative estimate of drug-likeness (QED) is 0.288. The number of hydrogen-bond acceptors (Lipinski definition) is 0. The van der Waals surface area contributed by atoms with E-state index in [2.05, 4.69) is 31.3 Å². The van der Waals surface area contributed by atoms with Gasteiger partial charge in [-0.25, -0.2) is 0 Å². The molecule has 0 heterocycles. The summed E-state index contributed by atoms with van der Waals surface area (Å²) in [5.41, 5.74) is 1.32. The largest absolute Gasteiger partial charge is 0.272 e. The van der Waals surface area contributed by atoms with Crippen molar-refractivity contribution < 1.29 is 0 Å². The maximum atomic E-state index is 3.59. The first-order valence-corrected chi connectivity index (χ1v) is 2.68. The Morgan fingerprint density at radius 1 is 1.62 bits per heavy atom. The van der Waals surface area contributed by atoms with Crippen molar-refractivity contribution in [2.24, 2.45) is 0 Å². The van der Waals surface area contributed by atoms with Gasteiger partial charge in [0.1, 0.15) is 0 Å². The number of allylic oxidation sites excluding steroid dienone is 2. The molecule has 0 rings (SSSR count). The topological polar surface area (TPSA) is 14.1 Å². The molecule has 0 aliphatic rings. The summed E-state index contributed by atoms with van der Waals surface area (Å²) in [6, 6.07) is 0. The second-order valence-corrected chi connectivity index (χ2v) is 1.88. The molecule has 0 saturated carbocycles. The average molecular weight is 110 g/mol. The first-order chi connectivity index (χ1) is 3.77. The summed E-state index contributed by atoms with van der Waals surface area (Å²) >= 11 is 0. The van der Waals surface area contributed by atoms with E-state index in [1.165, 1.54) is 5.57 Å². The molecule has 8 heavy (non-hydrogen) atoms. The van der Waals surface area contributed by atoms with Crippen LogP contribution in [0, 0.1) is 0 Å². The molecule has 1 heteroatoms. The molecule has 0 aromatic rings. The van der Waals surface area contributed by atoms with Gasteiger partial charge in [-0.3, -0.25) is 0 Å². The summed E-state index contributed by atoms with van der Waals surface area (Å²) in [4.78, 5) is 0. The van der Waals surface area contributed by atoms with E-state index in [0.717, 1.165) is 6.42 Å². The van der Waals surface area contributed by atoms with Crippen molar-refractivity contribution in [1.82, 2.24) is 4.67 Å². The molecular weight excluding hydrogens is 98.1 g/mol. The lowest BCUT2D eigenvalue weighted by molar-refractivity contribution is 1.32. The minimum absolute atomic E-state index is 0.909. The van der Waals surface area contributed by atoms with Crippen LogP contribution in [0.25, 0.3) is 0 Å². The second kappa shape index (κ2) is 4.35. The molecule has 0 fully saturated rings. The summed E-state index contributed by atoms with van der Waals surface area (Å²) in [6.45, 7) is 7.46. The molecule has 0 saturated heterocycles. The SMILES string of the molecule is C=[N+]=CCC=C(C)C. The highest BCUT2D eigenvalue weighted by atomic mass is 14.5. The van der Waals surface area contributed by atoms with Crippen LogP contribution in [-0.4, -0.2) is 12.9 Å². The van der Waals surface area contributed by atoms with Crippen molar-refractivity contribution in [2.45, 2.75) is 20.3 Å². The van der Waals surface area contributed by atoms with E-state index in [9.17, 15) is 0 Å². The van der Waals surface area contributed by atoms with Crippen molar-refractivity contribution in [3.05, 3.63) is 11.6 Å². The van der Waals surface area contributed by atoms with Crippen LogP contribution in [0.4, 0.5) is 0 Å². The lowest BCUT2D eigenvalue weighted by Crippen LogP contribution is -1.73. The van der Waals surface area contributed by atoms with E-state index in [1.54, 1.807) is 6.21 Å². The smallest absolute Gasteiger partial charge is 0.114 e. The summed E-state index contributed by atoms with van der Waals surface area (Å²) < 4.78 is 3.59. The molecule has 0 aliphatic heterocycles. The summed E-state index contributed by atoms with van der Waals surface area (Å²) in [5, 5.41) is 0. The molecule has 0 N–H and O–H groups in total. The zero-order valence-electron chi connectivity index (χ0n) is 5.52. The van der Waals surface area contributed by atoms with Gasteiger partial charge in [-0.05, 0) is 13.8 Å². The first kappa shape index (κ1) is 7.19. The van der Waals surface area contributed by atoms with E-state index in [0.29, 0.717) is 0 Å². The Labute approximate surface area is 50.5 Å². The van der Waals surface area contributed by atoms with Gasteiger partial charge < -0.3 is 0 Å². The lowest BCUT2D eigenvalue weighted by Gasteiger charge is -1.78. The Morgan fingerprint density at radius 3 is 2.62 bits per heavy atom. The predicted octanol–water partition coefficient (Wildman–Crippen LogP) is 1.18. The van der Waals surface area contributed by atoms with Gasteiger partial charge in [0.25, 0.3) is 12.9 Å². The van der Waals surface area contributed by atoms with E-state index in [1.807, 2.05) is 0 Å². The van der Waals surface area contributed by atoms with Crippen molar-refractivity contribution in [1.29, 1.82) is 0 Å². The lowest BCUT2D eigenvalue weighted by atomic mass is 10.3. The third-order valence-electron chi connectivity index (χ3n) is 0.761. The van der Waals surface area contributed by atoms with Gasteiger partial charge in [0.2, 0.25) is 0 Å². The maximum Gasteiger partial charge on any atom is 0.272 e. The summed E-state index contributed by atoms with van der Waals surface area (Å²) in [7, 11) is 0. The molecule has 0 amide bonds. The molecule has 0 aromatic heterocycles. The van der Waals surface area contributed by atoms with Gasteiger partial charge in [-0.2, -0.15) is 0 Å². The van der Waals surface area contributed by atoms with Crippen molar-refractivity contribution in [2.75, 3.05) is 0 Å². The molecule has 0 aliphatic carbocycles. The Hall–Kier alpha value is -0.810. The molecule has 0 unspecified atom stereocenters. The van der Waals surface area contributed by atoms with Crippen LogP contribution in [-0.2, 0) is 0 Å². The van der Waals surface area contributed by atoms with Gasteiger partial charge >= 0.3 is 0 Å². The highest BCUT2D eigenvalue weighted by molar-refractivity contribution is 5.60. The highest BCUT2D eigenvalue weighted by Crippen LogP contribution is 1.88. The number of nitrogens with zero attached hydrogens (tertiary/aromatic N) is 1. The molecule has 44 valence electrons. The minimum atomic E-state index is 0.909. The average Bonchev–Trinajstić information content (AvgIpc) is 1.66. The fourth-order valence-corrected chi connectivity index (χ4v) is 0.363. The Kier molecular flexibility index (Phi) is 3.91. The maximum absolute atomic E-state index is 3.59. The third kappa shape index (κ3) is 5.19. The monoisotopic (exact) mass is 110 g/mol. The molecule has 0 bridgehead atoms. The number of hydrogen-bond donors (Lipinski definition) is 0. The second-order valence-electron chi connectivity index (χ2n) is 1.88. The molecule has 1 nitrogen and oxygen atoms in total. The molecule has 0 radical (unpaired) electrons. The fourth-order valence-electron chi connectivity index (χ4n) is 0.363. The Bertz CT molecular complexity index is 123. The van der Waals surface area contributed by atoms with E-state index in [-0.39, 0.29) is 0 Å². The van der Waals surface area contributed by atoms with Crippen LogP contribution in [0.15, 0.2) is 11.6 Å². The zero-order chi connectivity index (χ0) is 6.41. The predicted molar refractivity (Wildman–Crippen MR) is 39.4 cm³/mol. The fraction of sp³-hybridized carbons (Fsp3) is 0.429. The standard InChI is InChI=1S/C7H12N/c1-7(2)5-4-6-8-3/h5-6H,3-4H2,1-2H3/q+1. The van der Waals surface area contributed by atoms with Crippen LogP contribution in [0.1, 0.15) is 20.3 Å². The Balaban J connectivity index is 3.44. The third-order valence-corrected chi connectivity index (χ3v) is 0.761. The summed E-state index contributed by atoms with van der Waals surface area (Å²) in [6.07, 6.45) is 4.80. The highest BCUT2D eigenvalue weighted by Gasteiger charge is 1.77. The molecule has 0 aromatic carbocycles. The van der Waals surface area contributed by atoms with Gasteiger partial charge in [-0.15, -0.1) is 4.67 Å². The van der Waals surface area contributed by atoms with Crippen molar-refractivity contribution in [3.8, 4) is 0 Å². The van der Waals surface area contributed by atoms with Gasteiger partial charge in [-0.1, -0.05) is 11.6 Å². The molecular formula is C7H12N+. The van der Waals surface area contributed by atoms with Crippen molar-refractivity contribution >= 4 is 12.9 Å². The van der Waals surface area contributed by atoms with Crippen LogP contribution in [0.3, 0.4) is 0 Å². The molecule has 0 atom stereocenters. The van der Waals surface area contributed by atoms with Gasteiger partial charge in [0.15, 0.2) is 0 Å². The van der Waals surface area contributed by atoms with E-state index >= 15 is 0 Å². The number of rotatable bonds is 2. The first-order valence-electron chi connectivity index (χ1n) is 2.68. The normalized spacial score (nSPS) is 7.25. The summed E-state index contributed by atoms with van der Waals surface area (Å²) in [5.74, 6) is 0. The van der Waals surface area contributed by atoms with Gasteiger partial charge in [0, 0.05) is 0 Å². The zero-order valence-corrected chi connectivity index (χ0v) is 5.52. The van der Waals surface area contributed by atoms with Gasteiger partial charge in [0.05, 0.1) is 6.42 Å².